The molecule has 1 aliphatic heterocycles. The number of aliphatic carboxylic acids is 4. The van der Waals surface area contributed by atoms with E-state index in [0.29, 0.717) is 0 Å². The molecule has 0 aromatic heterocycles. The minimum absolute atomic E-state index is 0.0537. The average molecular weight is 853 g/mol. The van der Waals surface area contributed by atoms with E-state index in [2.05, 4.69) is 20.0 Å². The minimum atomic E-state index is -1.26. The van der Waals surface area contributed by atoms with Gasteiger partial charge < -0.3 is 40.9 Å². The molecule has 344 valence electrons. The second kappa shape index (κ2) is 27.4. The Morgan fingerprint density at radius 3 is 0.650 bits per heavy atom. The topological polar surface area (TPSA) is 304 Å². The van der Waals surface area contributed by atoms with Crippen molar-refractivity contribution in [1.82, 2.24) is 19.6 Å². The quantitative estimate of drug-likeness (QED) is 0.0618. The fourth-order valence-corrected chi connectivity index (χ4v) is 6.46. The monoisotopic (exact) mass is 852 g/mol. The number of carboxylic acids is 4. The highest BCUT2D eigenvalue weighted by molar-refractivity contribution is 5.82. The van der Waals surface area contributed by atoms with Gasteiger partial charge in [-0.25, -0.2) is 19.2 Å². The maximum Gasteiger partial charge on any atom is 0.328 e. The normalized spacial score (nSPS) is 19.3. The van der Waals surface area contributed by atoms with E-state index in [-0.39, 0.29) is 128 Å². The van der Waals surface area contributed by atoms with Crippen LogP contribution in [-0.4, -0.2) is 190 Å². The zero-order valence-corrected chi connectivity index (χ0v) is 36.6. The first-order valence-corrected chi connectivity index (χ1v) is 20.7. The Morgan fingerprint density at radius 2 is 0.533 bits per heavy atom. The zero-order valence-electron chi connectivity index (χ0n) is 36.6. The van der Waals surface area contributed by atoms with E-state index in [9.17, 15) is 60.0 Å². The van der Waals surface area contributed by atoms with Gasteiger partial charge in [0.1, 0.15) is 24.2 Å². The molecule has 0 amide bonds. The van der Waals surface area contributed by atoms with Crippen LogP contribution in [0.15, 0.2) is 20.0 Å². The number of hydrogen-bond donors (Lipinski definition) is 4. The third-order valence-electron chi connectivity index (χ3n) is 9.48. The van der Waals surface area contributed by atoms with Crippen LogP contribution in [0.25, 0.3) is 0 Å². The molecule has 1 heterocycles. The molecule has 0 saturated carbocycles. The first kappa shape index (κ1) is 53.6. The molecule has 0 spiro atoms. The fraction of sp³-hybridized carbons (Fsp3) is 0.800. The predicted octanol–water partition coefficient (Wildman–Crippen LogP) is -1.76. The van der Waals surface area contributed by atoms with Gasteiger partial charge in [-0.1, -0.05) is 55.4 Å². The summed E-state index contributed by atoms with van der Waals surface area (Å²) < 4.78 is 0. The molecule has 0 radical (unpaired) electrons. The number of carboxylic acid groups (broad SMARTS) is 4. The Bertz CT molecular complexity index is 1250. The van der Waals surface area contributed by atoms with Crippen LogP contribution in [0.1, 0.15) is 81.1 Å². The molecule has 20 heteroatoms. The molecule has 0 aliphatic carbocycles. The lowest BCUT2D eigenvalue weighted by Gasteiger charge is -2.36. The molecule has 0 unspecified atom stereocenters. The summed E-state index contributed by atoms with van der Waals surface area (Å²) in [5.41, 5.74) is 0. The van der Waals surface area contributed by atoms with Crippen LogP contribution in [-0.2, 0) is 19.2 Å². The molecular weight excluding hydrogens is 784 g/mol. The van der Waals surface area contributed by atoms with Crippen LogP contribution in [0.3, 0.4) is 0 Å². The summed E-state index contributed by atoms with van der Waals surface area (Å²) in [6.45, 7) is 14.4. The van der Waals surface area contributed by atoms with E-state index in [1.54, 1.807) is 19.6 Å². The van der Waals surface area contributed by atoms with Gasteiger partial charge in [0.25, 0.3) is 0 Å². The summed E-state index contributed by atoms with van der Waals surface area (Å²) in [5.74, 6) is -7.93. The van der Waals surface area contributed by atoms with Gasteiger partial charge in [0.2, 0.25) is 0 Å². The first-order chi connectivity index (χ1) is 27.9. The van der Waals surface area contributed by atoms with Crippen molar-refractivity contribution in [2.75, 3.05) is 78.5 Å². The summed E-state index contributed by atoms with van der Waals surface area (Å²) in [6, 6.07) is -5.02. The lowest BCUT2D eigenvalue weighted by molar-refractivity contribution is -0.223. The predicted molar refractivity (Wildman–Crippen MR) is 219 cm³/mol. The molecule has 0 aromatic rings. The standard InChI is InChI=1S/C40H72N8O12/c1-25(2)17-29(37(53)54)41-33(49)21-45-9-11-46(22-34(50)42-30(38(55)56)18-26(3)4)13-15-48(24-36(52)44-32(40(59)60)20-28(7)8)16-14-47(12-10-45)23-35(51)43-31(39(57)58)19-27(5)6/h25-32H,9-24H2,1-8H3,(H,41,49)(H,42,50)(H,43,51)(H,44,52)(H,53,54)(H,55,56)(H,57,58)(H,59,60)/p-4/t29-,30-,31-,32-/m1/s1. The van der Waals surface area contributed by atoms with Crippen molar-refractivity contribution in [3.63, 3.8) is 0 Å². The van der Waals surface area contributed by atoms with Gasteiger partial charge in [-0.05, 0) is 72.9 Å². The Morgan fingerprint density at radius 1 is 0.383 bits per heavy atom. The largest absolute Gasteiger partial charge is 0.861 e. The van der Waals surface area contributed by atoms with Crippen LogP contribution in [0.5, 0.6) is 0 Å². The number of rotatable bonds is 24. The van der Waals surface area contributed by atoms with Gasteiger partial charge in [0.15, 0.2) is 0 Å². The molecule has 0 aromatic carbocycles. The summed E-state index contributed by atoms with van der Waals surface area (Å²) in [5, 5.41) is 91.8. The van der Waals surface area contributed by atoms with Gasteiger partial charge >= 0.3 is 23.9 Å². The Balaban J connectivity index is 3.69. The molecule has 1 aliphatic rings. The van der Waals surface area contributed by atoms with Crippen molar-refractivity contribution in [2.45, 2.75) is 105 Å². The van der Waals surface area contributed by atoms with Crippen molar-refractivity contribution >= 4 is 47.5 Å². The highest BCUT2D eigenvalue weighted by atomic mass is 16.4. The first-order valence-electron chi connectivity index (χ1n) is 20.7. The van der Waals surface area contributed by atoms with Gasteiger partial charge in [0, 0.05) is 78.5 Å². The van der Waals surface area contributed by atoms with Crippen molar-refractivity contribution in [3.8, 4) is 0 Å². The molecule has 20 nitrogen and oxygen atoms in total. The molecule has 1 rings (SSSR count). The highest BCUT2D eigenvalue weighted by Crippen LogP contribution is 2.13. The number of aliphatic imine (C=N–C) groups is 4. The van der Waals surface area contributed by atoms with Crippen molar-refractivity contribution < 1.29 is 60.0 Å². The Kier molecular flexibility index (Phi) is 24.5. The van der Waals surface area contributed by atoms with Gasteiger partial charge in [-0.2, -0.15) is 0 Å². The number of nitrogens with zero attached hydrogens (tertiary/aromatic N) is 8. The second-order valence-corrected chi connectivity index (χ2v) is 17.1. The third kappa shape index (κ3) is 23.4. The second-order valence-electron chi connectivity index (χ2n) is 17.1. The SMILES string of the molecule is CC(C)C[C@@H](N=C([O-])CN1CCN(CC([O-])=N[C@H](CC(C)C)C(=O)O)CCN(CC([O-])=N[C@H](CC(C)C)C(=O)O)CCN(CC([O-])=N[C@H](CC(C)C)C(=O)O)CC1)C(=O)O. The van der Waals surface area contributed by atoms with E-state index in [0.717, 1.165) is 0 Å². The molecule has 4 atom stereocenters. The number of carbonyl (C=O) groups is 4. The summed E-state index contributed by atoms with van der Waals surface area (Å²) in [6.07, 6.45) is 0.568. The molecular formula is C40H68N8O12-4. The molecule has 60 heavy (non-hydrogen) atoms. The minimum Gasteiger partial charge on any atom is -0.861 e. The van der Waals surface area contributed by atoms with Crippen molar-refractivity contribution in [1.29, 1.82) is 0 Å². The Hall–Kier alpha value is -4.40. The summed E-state index contributed by atoms with van der Waals surface area (Å²) >= 11 is 0. The van der Waals surface area contributed by atoms with Gasteiger partial charge in [-0.3, -0.25) is 39.6 Å². The lowest BCUT2D eigenvalue weighted by atomic mass is 10.0. The highest BCUT2D eigenvalue weighted by Gasteiger charge is 2.23. The third-order valence-corrected chi connectivity index (χ3v) is 9.48. The summed E-state index contributed by atoms with van der Waals surface area (Å²) in [7, 11) is 0. The Labute approximate surface area is 354 Å². The van der Waals surface area contributed by atoms with Crippen LogP contribution in [0.2, 0.25) is 0 Å². The van der Waals surface area contributed by atoms with Crippen LogP contribution in [0.4, 0.5) is 0 Å². The zero-order chi connectivity index (χ0) is 45.7. The van der Waals surface area contributed by atoms with E-state index in [1.807, 2.05) is 55.4 Å². The maximum absolute atomic E-state index is 13.2. The molecule has 4 N–H and O–H groups in total. The van der Waals surface area contributed by atoms with Crippen LogP contribution >= 0.6 is 0 Å². The average Bonchev–Trinajstić information content (AvgIpc) is 3.10. The molecule has 1 fully saturated rings. The van der Waals surface area contributed by atoms with Gasteiger partial charge in [0.05, 0.1) is 0 Å². The van der Waals surface area contributed by atoms with Gasteiger partial charge in [-0.15, -0.1) is 0 Å². The summed E-state index contributed by atoms with van der Waals surface area (Å²) in [4.78, 5) is 70.2. The van der Waals surface area contributed by atoms with E-state index < -0.39 is 71.6 Å². The van der Waals surface area contributed by atoms with E-state index >= 15 is 0 Å². The van der Waals surface area contributed by atoms with E-state index in [1.165, 1.54) is 0 Å². The van der Waals surface area contributed by atoms with Crippen LogP contribution < -0.4 is 20.4 Å². The molecule has 0 bridgehead atoms. The fourth-order valence-electron chi connectivity index (χ4n) is 6.46. The van der Waals surface area contributed by atoms with Crippen molar-refractivity contribution in [2.24, 2.45) is 43.6 Å². The van der Waals surface area contributed by atoms with E-state index in [4.69, 9.17) is 0 Å². The van der Waals surface area contributed by atoms with Crippen LogP contribution in [0, 0.1) is 23.7 Å². The molecule has 1 saturated heterocycles. The maximum atomic E-state index is 13.2. The lowest BCUT2D eigenvalue weighted by Crippen LogP contribution is -2.51. The van der Waals surface area contributed by atoms with Crippen molar-refractivity contribution in [3.05, 3.63) is 0 Å². The number of hydrogen-bond acceptors (Lipinski definition) is 16. The smallest absolute Gasteiger partial charge is 0.328 e.